The summed E-state index contributed by atoms with van der Waals surface area (Å²) in [5, 5.41) is 2.84. The second-order valence-corrected chi connectivity index (χ2v) is 4.49. The number of amides is 1. The maximum atomic E-state index is 11.1. The van der Waals surface area contributed by atoms with E-state index in [1.807, 2.05) is 0 Å². The molecule has 0 radical (unpaired) electrons. The predicted molar refractivity (Wildman–Crippen MR) is 66.6 cm³/mol. The van der Waals surface area contributed by atoms with Crippen LogP contribution in [0.2, 0.25) is 0 Å². The first kappa shape index (κ1) is 15.7. The Hall–Kier alpha value is -0.320. The van der Waals surface area contributed by atoms with E-state index in [-0.39, 0.29) is 31.0 Å². The van der Waals surface area contributed by atoms with Crippen LogP contribution in [-0.4, -0.2) is 31.7 Å². The average molecular weight is 251 g/mol. The van der Waals surface area contributed by atoms with Crippen LogP contribution >= 0.6 is 12.4 Å². The fourth-order valence-electron chi connectivity index (χ4n) is 2.14. The molecular weight excluding hydrogens is 228 g/mol. The van der Waals surface area contributed by atoms with Crippen LogP contribution < -0.4 is 11.1 Å². The lowest BCUT2D eigenvalue weighted by atomic mass is 9.87. The molecule has 2 unspecified atom stereocenters. The second-order valence-electron chi connectivity index (χ2n) is 4.49. The average Bonchev–Trinajstić information content (AvgIpc) is 2.26. The van der Waals surface area contributed by atoms with Crippen molar-refractivity contribution in [2.45, 2.75) is 32.8 Å². The number of ether oxygens (including phenoxy) is 1. The van der Waals surface area contributed by atoms with Crippen molar-refractivity contribution in [2.75, 3.05) is 19.7 Å². The lowest BCUT2D eigenvalue weighted by molar-refractivity contribution is -0.120. The van der Waals surface area contributed by atoms with Gasteiger partial charge in [0.25, 0.3) is 0 Å². The van der Waals surface area contributed by atoms with Gasteiger partial charge >= 0.3 is 0 Å². The van der Waals surface area contributed by atoms with E-state index >= 15 is 0 Å². The molecule has 0 saturated carbocycles. The molecule has 1 rings (SSSR count). The van der Waals surface area contributed by atoms with Crippen molar-refractivity contribution in [2.24, 2.45) is 17.6 Å². The van der Waals surface area contributed by atoms with Crippen molar-refractivity contribution < 1.29 is 9.53 Å². The van der Waals surface area contributed by atoms with E-state index in [0.29, 0.717) is 18.4 Å². The Morgan fingerprint density at radius 3 is 2.81 bits per heavy atom. The molecule has 2 atom stereocenters. The Labute approximate surface area is 104 Å². The molecule has 1 aliphatic rings. The SMILES string of the molecule is CC(C)C1OCCCC1CNC(=O)CN.Cl. The highest BCUT2D eigenvalue weighted by Gasteiger charge is 2.28. The molecule has 16 heavy (non-hydrogen) atoms. The quantitative estimate of drug-likeness (QED) is 0.780. The summed E-state index contributed by atoms with van der Waals surface area (Å²) in [4.78, 5) is 11.1. The molecule has 0 aromatic carbocycles. The van der Waals surface area contributed by atoms with E-state index in [0.717, 1.165) is 19.4 Å². The van der Waals surface area contributed by atoms with Gasteiger partial charge in [0.15, 0.2) is 0 Å². The maximum absolute atomic E-state index is 11.1. The molecule has 3 N–H and O–H groups in total. The Morgan fingerprint density at radius 1 is 1.56 bits per heavy atom. The minimum absolute atomic E-state index is 0. The molecule has 1 aliphatic heterocycles. The van der Waals surface area contributed by atoms with Crippen LogP contribution in [0.1, 0.15) is 26.7 Å². The lowest BCUT2D eigenvalue weighted by Crippen LogP contribution is -2.42. The summed E-state index contributed by atoms with van der Waals surface area (Å²) >= 11 is 0. The van der Waals surface area contributed by atoms with Crippen molar-refractivity contribution in [1.82, 2.24) is 5.32 Å². The molecule has 1 fully saturated rings. The zero-order chi connectivity index (χ0) is 11.3. The highest BCUT2D eigenvalue weighted by atomic mass is 35.5. The third-order valence-corrected chi connectivity index (χ3v) is 2.90. The normalized spacial score (nSPS) is 25.0. The zero-order valence-corrected chi connectivity index (χ0v) is 10.9. The van der Waals surface area contributed by atoms with Crippen LogP contribution in [0.3, 0.4) is 0 Å². The van der Waals surface area contributed by atoms with Gasteiger partial charge in [-0.2, -0.15) is 0 Å². The van der Waals surface area contributed by atoms with Crippen LogP contribution in [0, 0.1) is 11.8 Å². The maximum Gasteiger partial charge on any atom is 0.233 e. The van der Waals surface area contributed by atoms with Crippen molar-refractivity contribution in [1.29, 1.82) is 0 Å². The van der Waals surface area contributed by atoms with E-state index in [9.17, 15) is 4.79 Å². The number of carbonyl (C=O) groups is 1. The summed E-state index contributed by atoms with van der Waals surface area (Å²) in [5.74, 6) is 0.863. The van der Waals surface area contributed by atoms with Crippen LogP contribution in [0.15, 0.2) is 0 Å². The summed E-state index contributed by atoms with van der Waals surface area (Å²) in [6.45, 7) is 5.93. The van der Waals surface area contributed by atoms with Gasteiger partial charge in [-0.1, -0.05) is 13.8 Å². The number of rotatable bonds is 4. The number of nitrogens with one attached hydrogen (secondary N) is 1. The van der Waals surface area contributed by atoms with Gasteiger partial charge in [0, 0.05) is 19.1 Å². The lowest BCUT2D eigenvalue weighted by Gasteiger charge is -2.34. The third-order valence-electron chi connectivity index (χ3n) is 2.90. The number of hydrogen-bond acceptors (Lipinski definition) is 3. The first-order valence-corrected chi connectivity index (χ1v) is 5.73. The zero-order valence-electron chi connectivity index (χ0n) is 10.1. The van der Waals surface area contributed by atoms with Gasteiger partial charge in [-0.05, 0) is 18.8 Å². The van der Waals surface area contributed by atoms with E-state index in [1.165, 1.54) is 0 Å². The Kier molecular flexibility index (Phi) is 7.72. The highest BCUT2D eigenvalue weighted by molar-refractivity contribution is 5.85. The number of hydrogen-bond donors (Lipinski definition) is 2. The molecule has 0 spiro atoms. The molecule has 1 saturated heterocycles. The molecule has 0 aromatic heterocycles. The molecule has 0 aliphatic carbocycles. The molecule has 1 amide bonds. The van der Waals surface area contributed by atoms with Gasteiger partial charge < -0.3 is 15.8 Å². The molecule has 0 bridgehead atoms. The predicted octanol–water partition coefficient (Wildman–Crippen LogP) is 0.934. The van der Waals surface area contributed by atoms with Gasteiger partial charge in [-0.25, -0.2) is 0 Å². The molecule has 5 heteroatoms. The molecule has 1 heterocycles. The Morgan fingerprint density at radius 2 is 2.25 bits per heavy atom. The van der Waals surface area contributed by atoms with Crippen LogP contribution in [-0.2, 0) is 9.53 Å². The standard InChI is InChI=1S/C11H22N2O2.ClH/c1-8(2)11-9(4-3-5-15-11)7-13-10(14)6-12;/h8-9,11H,3-7,12H2,1-2H3,(H,13,14);1H. The van der Waals surface area contributed by atoms with E-state index in [2.05, 4.69) is 19.2 Å². The summed E-state index contributed by atoms with van der Waals surface area (Å²) in [5.41, 5.74) is 5.24. The van der Waals surface area contributed by atoms with E-state index < -0.39 is 0 Å². The van der Waals surface area contributed by atoms with Gasteiger partial charge in [0.1, 0.15) is 0 Å². The van der Waals surface area contributed by atoms with E-state index in [4.69, 9.17) is 10.5 Å². The minimum atomic E-state index is -0.0805. The first-order valence-electron chi connectivity index (χ1n) is 5.73. The van der Waals surface area contributed by atoms with Gasteiger partial charge in [-0.15, -0.1) is 12.4 Å². The summed E-state index contributed by atoms with van der Waals surface area (Å²) in [6.07, 6.45) is 2.50. The molecular formula is C11H23ClN2O2. The smallest absolute Gasteiger partial charge is 0.233 e. The van der Waals surface area contributed by atoms with Crippen LogP contribution in [0.4, 0.5) is 0 Å². The Bertz CT molecular complexity index is 212. The fourth-order valence-corrected chi connectivity index (χ4v) is 2.14. The van der Waals surface area contributed by atoms with E-state index in [1.54, 1.807) is 0 Å². The second kappa shape index (κ2) is 7.87. The number of nitrogens with two attached hydrogens (primary N) is 1. The monoisotopic (exact) mass is 250 g/mol. The van der Waals surface area contributed by atoms with Crippen LogP contribution in [0.5, 0.6) is 0 Å². The largest absolute Gasteiger partial charge is 0.378 e. The topological polar surface area (TPSA) is 64.3 Å². The van der Waals surface area contributed by atoms with Crippen molar-refractivity contribution >= 4 is 18.3 Å². The summed E-state index contributed by atoms with van der Waals surface area (Å²) < 4.78 is 5.74. The number of halogens is 1. The van der Waals surface area contributed by atoms with Gasteiger partial charge in [0.05, 0.1) is 12.6 Å². The summed E-state index contributed by atoms with van der Waals surface area (Å²) in [7, 11) is 0. The van der Waals surface area contributed by atoms with Crippen molar-refractivity contribution in [3.8, 4) is 0 Å². The molecule has 96 valence electrons. The van der Waals surface area contributed by atoms with Gasteiger partial charge in [0.2, 0.25) is 5.91 Å². The molecule has 0 aromatic rings. The minimum Gasteiger partial charge on any atom is -0.378 e. The number of carbonyl (C=O) groups excluding carboxylic acids is 1. The fraction of sp³-hybridized carbons (Fsp3) is 0.909. The van der Waals surface area contributed by atoms with Crippen molar-refractivity contribution in [3.63, 3.8) is 0 Å². The Balaban J connectivity index is 0.00000225. The highest BCUT2D eigenvalue weighted by Crippen LogP contribution is 2.25. The van der Waals surface area contributed by atoms with Crippen LogP contribution in [0.25, 0.3) is 0 Å². The molecule has 4 nitrogen and oxygen atoms in total. The summed E-state index contributed by atoms with van der Waals surface area (Å²) in [6, 6.07) is 0. The van der Waals surface area contributed by atoms with Gasteiger partial charge in [-0.3, -0.25) is 4.79 Å². The van der Waals surface area contributed by atoms with Crippen molar-refractivity contribution in [3.05, 3.63) is 0 Å². The first-order chi connectivity index (χ1) is 7.15. The third kappa shape index (κ3) is 4.68.